The summed E-state index contributed by atoms with van der Waals surface area (Å²) in [6.07, 6.45) is 3.44. The number of benzene rings is 1. The number of likely N-dealkylation sites (N-methyl/N-ethyl adjacent to an activating group) is 1. The second-order valence-corrected chi connectivity index (χ2v) is 7.05. The monoisotopic (exact) mass is 419 g/mol. The first kappa shape index (κ1) is 21.0. The van der Waals surface area contributed by atoms with E-state index in [1.807, 2.05) is 13.0 Å². The molecule has 1 aliphatic rings. The van der Waals surface area contributed by atoms with Crippen molar-refractivity contribution in [2.75, 3.05) is 33.9 Å². The molecule has 1 aromatic carbocycles. The van der Waals surface area contributed by atoms with E-state index in [0.29, 0.717) is 35.3 Å². The van der Waals surface area contributed by atoms with E-state index in [9.17, 15) is 4.79 Å². The summed E-state index contributed by atoms with van der Waals surface area (Å²) in [5, 5.41) is 11.5. The summed E-state index contributed by atoms with van der Waals surface area (Å²) in [4.78, 5) is 13.2. The van der Waals surface area contributed by atoms with Crippen molar-refractivity contribution in [1.82, 2.24) is 19.8 Å². The molecule has 1 amide bonds. The second-order valence-electron chi connectivity index (χ2n) is 6.66. The Labute approximate surface area is 174 Å². The zero-order valence-electron chi connectivity index (χ0n) is 16.8. The van der Waals surface area contributed by atoms with Crippen LogP contribution in [0.1, 0.15) is 37.3 Å². The molecule has 0 spiro atoms. The van der Waals surface area contributed by atoms with Crippen molar-refractivity contribution in [3.05, 3.63) is 34.4 Å². The van der Waals surface area contributed by atoms with Gasteiger partial charge in [0, 0.05) is 20.7 Å². The van der Waals surface area contributed by atoms with Crippen LogP contribution in [0, 0.1) is 4.77 Å². The van der Waals surface area contributed by atoms with Crippen molar-refractivity contribution in [2.24, 2.45) is 5.10 Å². The number of ether oxygens (including phenoxy) is 3. The molecule has 1 fully saturated rings. The zero-order valence-corrected chi connectivity index (χ0v) is 17.6. The number of nitrogens with one attached hydrogen (secondary N) is 1. The fourth-order valence-corrected chi connectivity index (χ4v) is 2.98. The van der Waals surface area contributed by atoms with Crippen LogP contribution in [0.4, 0.5) is 0 Å². The summed E-state index contributed by atoms with van der Waals surface area (Å²) in [5.41, 5.74) is 0.793. The van der Waals surface area contributed by atoms with Gasteiger partial charge in [-0.25, -0.2) is 0 Å². The van der Waals surface area contributed by atoms with E-state index in [1.54, 1.807) is 37.1 Å². The van der Waals surface area contributed by atoms with Crippen LogP contribution in [-0.4, -0.2) is 65.8 Å². The van der Waals surface area contributed by atoms with E-state index < -0.39 is 0 Å². The van der Waals surface area contributed by atoms with E-state index in [1.165, 1.54) is 4.90 Å². The van der Waals surface area contributed by atoms with Gasteiger partial charge in [0.25, 0.3) is 5.91 Å². The molecular weight excluding hydrogens is 394 g/mol. The molecule has 2 heterocycles. The summed E-state index contributed by atoms with van der Waals surface area (Å²) in [6, 6.07) is 5.39. The summed E-state index contributed by atoms with van der Waals surface area (Å²) < 4.78 is 18.9. The maximum atomic E-state index is 11.8. The van der Waals surface area contributed by atoms with Crippen molar-refractivity contribution < 1.29 is 19.0 Å². The molecule has 1 saturated heterocycles. The predicted octanol–water partition coefficient (Wildman–Crippen LogP) is 2.54. The molecule has 156 valence electrons. The molecule has 29 heavy (non-hydrogen) atoms. The maximum absolute atomic E-state index is 11.8. The number of carbonyl (C=O) groups is 1. The molecular formula is C19H25N5O4S. The molecule has 1 aliphatic heterocycles. The number of H-pyrrole nitrogens is 1. The van der Waals surface area contributed by atoms with E-state index >= 15 is 0 Å². The lowest BCUT2D eigenvalue weighted by Crippen LogP contribution is -2.27. The quantitative estimate of drug-likeness (QED) is 0.522. The predicted molar refractivity (Wildman–Crippen MR) is 110 cm³/mol. The Hall–Kier alpha value is -2.72. The second kappa shape index (κ2) is 9.66. The molecule has 3 rings (SSSR count). The Morgan fingerprint density at radius 3 is 2.97 bits per heavy atom. The van der Waals surface area contributed by atoms with Crippen molar-refractivity contribution in [1.29, 1.82) is 0 Å². The number of nitrogens with zero attached hydrogens (tertiary/aromatic N) is 4. The van der Waals surface area contributed by atoms with Crippen LogP contribution in [0.25, 0.3) is 0 Å². The van der Waals surface area contributed by atoms with Gasteiger partial charge in [-0.05, 0) is 55.7 Å². The van der Waals surface area contributed by atoms with Crippen LogP contribution >= 0.6 is 12.2 Å². The fraction of sp³-hybridized carbons (Fsp3) is 0.474. The third kappa shape index (κ3) is 5.21. The summed E-state index contributed by atoms with van der Waals surface area (Å²) >= 11 is 5.29. The fourth-order valence-electron chi connectivity index (χ4n) is 2.79. The number of hydrogen-bond donors (Lipinski definition) is 1. The molecule has 1 aromatic heterocycles. The first-order valence-corrected chi connectivity index (χ1v) is 9.83. The lowest BCUT2D eigenvalue weighted by Gasteiger charge is -2.14. The van der Waals surface area contributed by atoms with Crippen molar-refractivity contribution in [3.63, 3.8) is 0 Å². The number of aromatic amines is 1. The van der Waals surface area contributed by atoms with E-state index in [-0.39, 0.29) is 18.6 Å². The van der Waals surface area contributed by atoms with Crippen LogP contribution in [0.15, 0.2) is 23.3 Å². The minimum Gasteiger partial charge on any atom is -0.490 e. The number of aromatic nitrogens is 3. The van der Waals surface area contributed by atoms with Gasteiger partial charge >= 0.3 is 0 Å². The van der Waals surface area contributed by atoms with Gasteiger partial charge in [-0.15, -0.1) is 0 Å². The van der Waals surface area contributed by atoms with Gasteiger partial charge in [-0.2, -0.15) is 14.9 Å². The molecule has 2 aromatic rings. The van der Waals surface area contributed by atoms with E-state index in [4.69, 9.17) is 26.4 Å². The molecule has 0 aliphatic carbocycles. The van der Waals surface area contributed by atoms with Gasteiger partial charge in [0.15, 0.2) is 23.9 Å². The van der Waals surface area contributed by atoms with Crippen LogP contribution < -0.4 is 9.47 Å². The van der Waals surface area contributed by atoms with Gasteiger partial charge < -0.3 is 19.1 Å². The molecule has 0 radical (unpaired) electrons. The topological polar surface area (TPSA) is 94.0 Å². The van der Waals surface area contributed by atoms with Crippen LogP contribution in [-0.2, 0) is 9.53 Å². The normalized spacial score (nSPS) is 16.3. The highest BCUT2D eigenvalue weighted by Gasteiger charge is 2.23. The maximum Gasteiger partial charge on any atom is 0.259 e. The van der Waals surface area contributed by atoms with Crippen molar-refractivity contribution >= 4 is 24.3 Å². The first-order chi connectivity index (χ1) is 14.0. The summed E-state index contributed by atoms with van der Waals surface area (Å²) in [6.45, 7) is 3.00. The molecule has 1 atom stereocenters. The van der Waals surface area contributed by atoms with E-state index in [2.05, 4.69) is 15.3 Å². The highest BCUT2D eigenvalue weighted by atomic mass is 32.1. The van der Waals surface area contributed by atoms with Crippen molar-refractivity contribution in [3.8, 4) is 11.5 Å². The van der Waals surface area contributed by atoms with Gasteiger partial charge in [-0.3, -0.25) is 9.89 Å². The number of rotatable bonds is 8. The average molecular weight is 420 g/mol. The number of carbonyl (C=O) groups excluding carboxylic acids is 1. The summed E-state index contributed by atoms with van der Waals surface area (Å²) in [5.74, 6) is 1.57. The third-order valence-electron chi connectivity index (χ3n) is 4.33. The Kier molecular flexibility index (Phi) is 6.99. The smallest absolute Gasteiger partial charge is 0.259 e. The molecule has 10 heteroatoms. The molecule has 9 nitrogen and oxygen atoms in total. The highest BCUT2D eigenvalue weighted by molar-refractivity contribution is 7.71. The van der Waals surface area contributed by atoms with Crippen LogP contribution in [0.3, 0.4) is 0 Å². The lowest BCUT2D eigenvalue weighted by atomic mass is 10.2. The van der Waals surface area contributed by atoms with Gasteiger partial charge in [-0.1, -0.05) is 0 Å². The Bertz CT molecular complexity index is 931. The summed E-state index contributed by atoms with van der Waals surface area (Å²) in [7, 11) is 3.36. The third-order valence-corrected chi connectivity index (χ3v) is 4.60. The lowest BCUT2D eigenvalue weighted by molar-refractivity contribution is -0.130. The highest BCUT2D eigenvalue weighted by Crippen LogP contribution is 2.29. The standard InChI is InChI=1S/C19H25N5O4S/c1-4-26-16-10-13(7-8-14(16)28-12-17(25)23(2)3)11-20-24-18(21-22-19(24)29)15-6-5-9-27-15/h7-8,10-11,15H,4-6,9,12H2,1-3H3,(H,22,29)/b20-11-/t15-/m0/s1. The first-order valence-electron chi connectivity index (χ1n) is 9.42. The zero-order chi connectivity index (χ0) is 20.8. The Morgan fingerprint density at radius 2 is 2.28 bits per heavy atom. The van der Waals surface area contributed by atoms with Gasteiger partial charge in [0.05, 0.1) is 12.8 Å². The largest absolute Gasteiger partial charge is 0.490 e. The molecule has 0 saturated carbocycles. The number of hydrogen-bond acceptors (Lipinski definition) is 7. The molecule has 1 N–H and O–H groups in total. The van der Waals surface area contributed by atoms with Crippen LogP contribution in [0.5, 0.6) is 11.5 Å². The number of amides is 1. The SMILES string of the molecule is CCOc1cc(/C=N\n2c([C@@H]3CCCO3)n[nH]c2=S)ccc1OCC(=O)N(C)C. The van der Waals surface area contributed by atoms with Gasteiger partial charge in [0.1, 0.15) is 6.10 Å². The minimum atomic E-state index is -0.130. The minimum absolute atomic E-state index is 0.0601. The van der Waals surface area contributed by atoms with E-state index in [0.717, 1.165) is 18.4 Å². The Morgan fingerprint density at radius 1 is 1.45 bits per heavy atom. The van der Waals surface area contributed by atoms with Crippen molar-refractivity contribution in [2.45, 2.75) is 25.9 Å². The van der Waals surface area contributed by atoms with Crippen LogP contribution in [0.2, 0.25) is 0 Å². The molecule has 0 unspecified atom stereocenters. The average Bonchev–Trinajstić information content (AvgIpc) is 3.35. The Balaban J connectivity index is 1.79. The molecule has 0 bridgehead atoms. The van der Waals surface area contributed by atoms with Gasteiger partial charge in [0.2, 0.25) is 4.77 Å².